The number of aryl methyl sites for hydroxylation is 1. The second kappa shape index (κ2) is 9.99. The second-order valence-corrected chi connectivity index (χ2v) is 4.88. The van der Waals surface area contributed by atoms with E-state index in [0.29, 0.717) is 16.3 Å². The largest absolute Gasteiger partial charge is 3.00 e. The van der Waals surface area contributed by atoms with Crippen molar-refractivity contribution in [2.75, 3.05) is 13.2 Å². The summed E-state index contributed by atoms with van der Waals surface area (Å²) in [5, 5.41) is 20.7. The monoisotopic (exact) mass is 321 g/mol. The Kier molecular flexibility index (Phi) is 9.59. The van der Waals surface area contributed by atoms with E-state index in [1.54, 1.807) is 0 Å². The smallest absolute Gasteiger partial charge is 0.856 e. The zero-order chi connectivity index (χ0) is 14.3. The van der Waals surface area contributed by atoms with Gasteiger partial charge in [-0.1, -0.05) is 19.3 Å². The van der Waals surface area contributed by atoms with Gasteiger partial charge in [0, 0.05) is 11.8 Å². The van der Waals surface area contributed by atoms with Crippen LogP contribution < -0.4 is 10.7 Å². The van der Waals surface area contributed by atoms with E-state index in [-0.39, 0.29) is 30.2 Å². The molecule has 1 heterocycles. The van der Waals surface area contributed by atoms with Gasteiger partial charge < -0.3 is 20.8 Å². The Morgan fingerprint density at radius 2 is 1.85 bits per heavy atom. The molecule has 2 rings (SSSR count). The molecule has 0 bridgehead atoms. The van der Waals surface area contributed by atoms with Gasteiger partial charge in [-0.2, -0.15) is 13.2 Å². The number of hydrogen-bond acceptors (Lipinski definition) is 3. The van der Waals surface area contributed by atoms with Gasteiger partial charge in [-0.25, -0.2) is 0 Å². The molecule has 0 aliphatic heterocycles. The molecule has 0 spiro atoms. The van der Waals surface area contributed by atoms with Gasteiger partial charge in [0.25, 0.3) is 0 Å². The van der Waals surface area contributed by atoms with Crippen molar-refractivity contribution in [3.05, 3.63) is 44.7 Å². The zero-order valence-corrected chi connectivity index (χ0v) is 12.8. The molecule has 1 aliphatic carbocycles. The summed E-state index contributed by atoms with van der Waals surface area (Å²) in [5.74, 6) is 0.295. The minimum absolute atomic E-state index is 0. The Bertz CT molecular complexity index is 441. The molecule has 0 saturated heterocycles. The summed E-state index contributed by atoms with van der Waals surface area (Å²) in [6, 6.07) is 3.27. The van der Waals surface area contributed by atoms with Crippen molar-refractivity contribution in [3.63, 3.8) is 0 Å². The van der Waals surface area contributed by atoms with Crippen LogP contribution in [0.1, 0.15) is 49.3 Å². The Morgan fingerprint density at radius 3 is 2.35 bits per heavy atom. The number of nitrogens with one attached hydrogen (secondary N) is 1. The normalized spacial score (nSPS) is 14.9. The third kappa shape index (κ3) is 5.67. The first-order chi connectivity index (χ1) is 9.10. The van der Waals surface area contributed by atoms with E-state index in [9.17, 15) is 10.0 Å². The van der Waals surface area contributed by atoms with Crippen molar-refractivity contribution < 1.29 is 22.2 Å². The van der Waals surface area contributed by atoms with Gasteiger partial charge >= 0.3 is 17.1 Å². The summed E-state index contributed by atoms with van der Waals surface area (Å²) in [6.45, 7) is 1.62. The molecule has 0 unspecified atom stereocenters. The number of pyridine rings is 1. The second-order valence-electron chi connectivity index (χ2n) is 4.88. The van der Waals surface area contributed by atoms with Crippen molar-refractivity contribution in [2.24, 2.45) is 0 Å². The predicted octanol–water partition coefficient (Wildman–Crippen LogP) is 1.95. The molecule has 1 saturated carbocycles. The van der Waals surface area contributed by atoms with Crippen LogP contribution in [-0.2, 0) is 17.1 Å². The maximum atomic E-state index is 11.6. The standard InChI is InChI=1S/C12H16NO2.C2H5NO.Fe/c1-9-7-11(13(15)12(14)8-9)10-5-3-2-4-6-10;3-1-2-4;/h7-8,10H,2-6H2,1H3;3H,1-2H2;/q-1;-2;+3. The van der Waals surface area contributed by atoms with Gasteiger partial charge in [0.15, 0.2) is 0 Å². The van der Waals surface area contributed by atoms with Crippen molar-refractivity contribution >= 4 is 0 Å². The maximum Gasteiger partial charge on any atom is 3.00 e. The molecule has 5 nitrogen and oxygen atoms in total. The first-order valence-electron chi connectivity index (χ1n) is 6.74. The summed E-state index contributed by atoms with van der Waals surface area (Å²) >= 11 is 0. The van der Waals surface area contributed by atoms with Crippen LogP contribution in [-0.4, -0.2) is 17.9 Å². The molecule has 1 aliphatic rings. The molecule has 6 heteroatoms. The van der Waals surface area contributed by atoms with E-state index in [1.165, 1.54) is 25.3 Å². The van der Waals surface area contributed by atoms with E-state index in [0.717, 1.165) is 18.4 Å². The van der Waals surface area contributed by atoms with Crippen LogP contribution in [0.4, 0.5) is 0 Å². The summed E-state index contributed by atoms with van der Waals surface area (Å²) in [4.78, 5) is 11.4. The molecule has 1 aromatic heterocycles. The molecular formula is C14H21FeN2O3. The molecule has 1 fully saturated rings. The first kappa shape index (κ1) is 19.2. The van der Waals surface area contributed by atoms with Crippen LogP contribution in [0.2, 0.25) is 0 Å². The fourth-order valence-corrected chi connectivity index (χ4v) is 2.40. The van der Waals surface area contributed by atoms with E-state index in [1.807, 2.05) is 13.0 Å². The van der Waals surface area contributed by atoms with Crippen LogP contribution in [0.3, 0.4) is 0 Å². The average Bonchev–Trinajstić information content (AvgIpc) is 2.44. The van der Waals surface area contributed by atoms with Gasteiger partial charge in [-0.3, -0.25) is 4.79 Å². The Morgan fingerprint density at radius 1 is 1.30 bits per heavy atom. The fraction of sp³-hybridized carbons (Fsp3) is 0.643. The van der Waals surface area contributed by atoms with Gasteiger partial charge in [-0.05, 0) is 37.3 Å². The third-order valence-electron chi connectivity index (χ3n) is 3.29. The van der Waals surface area contributed by atoms with E-state index in [2.05, 4.69) is 0 Å². The Hall–Kier alpha value is -0.811. The van der Waals surface area contributed by atoms with Crippen molar-refractivity contribution in [3.8, 4) is 0 Å². The van der Waals surface area contributed by atoms with Gasteiger partial charge in [0.1, 0.15) is 0 Å². The van der Waals surface area contributed by atoms with E-state index >= 15 is 0 Å². The molecule has 1 radical (unpaired) electrons. The number of aromatic nitrogens is 1. The third-order valence-corrected chi connectivity index (χ3v) is 3.29. The quantitative estimate of drug-likeness (QED) is 0.779. The van der Waals surface area contributed by atoms with Crippen LogP contribution in [0.5, 0.6) is 0 Å². The molecule has 1 aromatic rings. The Balaban J connectivity index is 0.000000644. The minimum Gasteiger partial charge on any atom is -0.856 e. The number of hydrogen-bond donors (Lipinski definition) is 0. The molecule has 0 aromatic carbocycles. The van der Waals surface area contributed by atoms with E-state index in [4.69, 9.17) is 10.8 Å². The van der Waals surface area contributed by atoms with Crippen molar-refractivity contribution in [1.29, 1.82) is 0 Å². The van der Waals surface area contributed by atoms with Gasteiger partial charge in [0.2, 0.25) is 5.56 Å². The average molecular weight is 321 g/mol. The van der Waals surface area contributed by atoms with E-state index < -0.39 is 5.56 Å². The topological polar surface area (TPSA) is 91.9 Å². The van der Waals surface area contributed by atoms with Gasteiger partial charge in [-0.15, -0.1) is 0 Å². The van der Waals surface area contributed by atoms with Crippen LogP contribution >= 0.6 is 0 Å². The van der Waals surface area contributed by atoms with Crippen LogP contribution in [0, 0.1) is 12.1 Å². The summed E-state index contributed by atoms with van der Waals surface area (Å²) in [6.07, 6.45) is 5.70. The van der Waals surface area contributed by atoms with Crippen molar-refractivity contribution in [2.45, 2.75) is 44.9 Å². The first-order valence-corrected chi connectivity index (χ1v) is 6.74. The SMILES string of the molecule is Cc1cc(C2CCCCC2)n([O-])c(=O)c1.[Fe+3].[NH-]CC[O-]. The maximum absolute atomic E-state index is 11.6. The molecule has 113 valence electrons. The van der Waals surface area contributed by atoms with Crippen LogP contribution in [0.25, 0.3) is 5.73 Å². The number of nitrogens with zero attached hydrogens (tertiary/aromatic N) is 1. The zero-order valence-electron chi connectivity index (χ0n) is 11.7. The molecule has 0 atom stereocenters. The summed E-state index contributed by atoms with van der Waals surface area (Å²) < 4.78 is 0.572. The molecule has 0 amide bonds. The summed E-state index contributed by atoms with van der Waals surface area (Å²) in [5.41, 5.74) is 7.29. The van der Waals surface area contributed by atoms with Gasteiger partial charge in [0.05, 0.1) is 0 Å². The summed E-state index contributed by atoms with van der Waals surface area (Å²) in [7, 11) is 0. The fourth-order valence-electron chi connectivity index (χ4n) is 2.40. The Labute approximate surface area is 130 Å². The number of rotatable bonds is 2. The van der Waals surface area contributed by atoms with Crippen LogP contribution in [0.15, 0.2) is 16.9 Å². The molecular weight excluding hydrogens is 300 g/mol. The predicted molar refractivity (Wildman–Crippen MR) is 74.1 cm³/mol. The molecule has 20 heavy (non-hydrogen) atoms. The molecule has 1 N–H and O–H groups in total. The van der Waals surface area contributed by atoms with Crippen molar-refractivity contribution in [1.82, 2.24) is 4.73 Å². The minimum atomic E-state index is -0.421.